The first-order valence-corrected chi connectivity index (χ1v) is 6.45. The fraction of sp³-hybridized carbons (Fsp3) is 0.500. The van der Waals surface area contributed by atoms with Gasteiger partial charge >= 0.3 is 0 Å². The van der Waals surface area contributed by atoms with Crippen LogP contribution in [0.4, 0.5) is 4.39 Å². The lowest BCUT2D eigenvalue weighted by Crippen LogP contribution is -2.37. The Morgan fingerprint density at radius 1 is 1.44 bits per heavy atom. The van der Waals surface area contributed by atoms with Crippen molar-refractivity contribution < 1.29 is 9.18 Å². The number of carbonyl (C=O) groups excluding carboxylic acids is 1. The quantitative estimate of drug-likeness (QED) is 0.884. The minimum absolute atomic E-state index is 0.0102. The minimum Gasteiger partial charge on any atom is -0.339 e. The molecule has 1 unspecified atom stereocenters. The molecule has 2 rings (SSSR count). The molecule has 1 atom stereocenters. The third-order valence-corrected chi connectivity index (χ3v) is 3.50. The van der Waals surface area contributed by atoms with Crippen molar-refractivity contribution in [3.8, 4) is 0 Å². The van der Waals surface area contributed by atoms with Gasteiger partial charge in [-0.3, -0.25) is 4.79 Å². The second kappa shape index (κ2) is 5.96. The molecule has 4 heteroatoms. The molecule has 1 amide bonds. The van der Waals surface area contributed by atoms with Crippen LogP contribution < -0.4 is 5.73 Å². The standard InChI is InChI=1S/C14H19FN2O/c15-13-6-2-1-4-11(13)10-14(18)17-9-3-5-12(17)7-8-16/h1-2,4,6,12H,3,5,7-10,16H2. The highest BCUT2D eigenvalue weighted by Crippen LogP contribution is 2.21. The molecule has 1 aromatic rings. The molecule has 1 saturated heterocycles. The predicted molar refractivity (Wildman–Crippen MR) is 68.5 cm³/mol. The number of hydrogen-bond donors (Lipinski definition) is 1. The molecule has 1 aliphatic rings. The van der Waals surface area contributed by atoms with Gasteiger partial charge in [-0.1, -0.05) is 18.2 Å². The largest absolute Gasteiger partial charge is 0.339 e. The van der Waals surface area contributed by atoms with Crippen LogP contribution in [-0.2, 0) is 11.2 Å². The van der Waals surface area contributed by atoms with E-state index in [-0.39, 0.29) is 24.2 Å². The number of nitrogens with zero attached hydrogens (tertiary/aromatic N) is 1. The molecule has 0 saturated carbocycles. The maximum atomic E-state index is 13.5. The third-order valence-electron chi connectivity index (χ3n) is 3.50. The highest BCUT2D eigenvalue weighted by molar-refractivity contribution is 5.79. The topological polar surface area (TPSA) is 46.3 Å². The van der Waals surface area contributed by atoms with Gasteiger partial charge in [-0.25, -0.2) is 4.39 Å². The van der Waals surface area contributed by atoms with Gasteiger partial charge in [-0.15, -0.1) is 0 Å². The third kappa shape index (κ3) is 2.88. The lowest BCUT2D eigenvalue weighted by molar-refractivity contribution is -0.131. The van der Waals surface area contributed by atoms with Crippen molar-refractivity contribution in [2.24, 2.45) is 5.73 Å². The molecule has 2 N–H and O–H groups in total. The average molecular weight is 250 g/mol. The first-order chi connectivity index (χ1) is 8.72. The SMILES string of the molecule is NCCC1CCCN1C(=O)Cc1ccccc1F. The number of rotatable bonds is 4. The van der Waals surface area contributed by atoms with Crippen molar-refractivity contribution in [1.29, 1.82) is 0 Å². The van der Waals surface area contributed by atoms with E-state index in [1.54, 1.807) is 18.2 Å². The zero-order valence-electron chi connectivity index (χ0n) is 10.4. The normalized spacial score (nSPS) is 19.2. The number of benzene rings is 1. The molecule has 0 spiro atoms. The lowest BCUT2D eigenvalue weighted by Gasteiger charge is -2.24. The van der Waals surface area contributed by atoms with E-state index in [9.17, 15) is 9.18 Å². The van der Waals surface area contributed by atoms with Crippen molar-refractivity contribution in [3.63, 3.8) is 0 Å². The fourth-order valence-corrected chi connectivity index (χ4v) is 2.56. The lowest BCUT2D eigenvalue weighted by atomic mass is 10.1. The first kappa shape index (κ1) is 13.0. The Kier molecular flexibility index (Phi) is 4.31. The molecule has 3 nitrogen and oxygen atoms in total. The Morgan fingerprint density at radius 3 is 2.94 bits per heavy atom. The Labute approximate surface area is 107 Å². The molecule has 0 radical (unpaired) electrons. The van der Waals surface area contributed by atoms with Gasteiger partial charge in [0.05, 0.1) is 6.42 Å². The summed E-state index contributed by atoms with van der Waals surface area (Å²) >= 11 is 0. The van der Waals surface area contributed by atoms with Gasteiger partial charge in [-0.05, 0) is 37.4 Å². The Bertz CT molecular complexity index is 422. The molecule has 18 heavy (non-hydrogen) atoms. The van der Waals surface area contributed by atoms with Crippen LogP contribution in [0.3, 0.4) is 0 Å². The van der Waals surface area contributed by atoms with Crippen LogP contribution >= 0.6 is 0 Å². The second-order valence-corrected chi connectivity index (χ2v) is 4.73. The predicted octanol–water partition coefficient (Wildman–Crippen LogP) is 1.71. The van der Waals surface area contributed by atoms with Gasteiger partial charge < -0.3 is 10.6 Å². The van der Waals surface area contributed by atoms with E-state index in [4.69, 9.17) is 5.73 Å². The van der Waals surface area contributed by atoms with Crippen LogP contribution in [0.5, 0.6) is 0 Å². The highest BCUT2D eigenvalue weighted by atomic mass is 19.1. The number of halogens is 1. The molecule has 1 aromatic carbocycles. The fourth-order valence-electron chi connectivity index (χ4n) is 2.56. The number of nitrogens with two attached hydrogens (primary N) is 1. The number of amides is 1. The summed E-state index contributed by atoms with van der Waals surface area (Å²) in [5.41, 5.74) is 6.02. The van der Waals surface area contributed by atoms with Gasteiger partial charge in [0, 0.05) is 12.6 Å². The van der Waals surface area contributed by atoms with Crippen molar-refractivity contribution in [3.05, 3.63) is 35.6 Å². The molecule has 98 valence electrons. The monoisotopic (exact) mass is 250 g/mol. The van der Waals surface area contributed by atoms with Crippen LogP contribution in [0.25, 0.3) is 0 Å². The van der Waals surface area contributed by atoms with Crippen LogP contribution in [0.1, 0.15) is 24.8 Å². The van der Waals surface area contributed by atoms with Crippen LogP contribution in [0.15, 0.2) is 24.3 Å². The van der Waals surface area contributed by atoms with Crippen molar-refractivity contribution in [2.75, 3.05) is 13.1 Å². The summed E-state index contributed by atoms with van der Waals surface area (Å²) in [6.45, 7) is 1.37. The Hall–Kier alpha value is -1.42. The summed E-state index contributed by atoms with van der Waals surface area (Å²) in [6.07, 6.45) is 3.02. The number of likely N-dealkylation sites (tertiary alicyclic amines) is 1. The van der Waals surface area contributed by atoms with Crippen LogP contribution in [-0.4, -0.2) is 29.9 Å². The smallest absolute Gasteiger partial charge is 0.227 e. The summed E-state index contributed by atoms with van der Waals surface area (Å²) < 4.78 is 13.5. The molecule has 1 aliphatic heterocycles. The molecular formula is C14H19FN2O. The Balaban J connectivity index is 2.01. The zero-order valence-corrected chi connectivity index (χ0v) is 10.4. The zero-order chi connectivity index (χ0) is 13.0. The molecule has 0 aromatic heterocycles. The second-order valence-electron chi connectivity index (χ2n) is 4.73. The maximum Gasteiger partial charge on any atom is 0.227 e. The van der Waals surface area contributed by atoms with Gasteiger partial charge in [0.2, 0.25) is 5.91 Å². The molecule has 0 bridgehead atoms. The molecule has 1 heterocycles. The minimum atomic E-state index is -0.305. The van der Waals surface area contributed by atoms with E-state index in [1.165, 1.54) is 6.07 Å². The van der Waals surface area contributed by atoms with E-state index in [2.05, 4.69) is 0 Å². The Morgan fingerprint density at radius 2 is 2.22 bits per heavy atom. The maximum absolute atomic E-state index is 13.5. The van der Waals surface area contributed by atoms with E-state index in [0.717, 1.165) is 25.8 Å². The summed E-state index contributed by atoms with van der Waals surface area (Å²) in [6, 6.07) is 6.70. The van der Waals surface area contributed by atoms with Crippen molar-refractivity contribution >= 4 is 5.91 Å². The molecule has 1 fully saturated rings. The van der Waals surface area contributed by atoms with Crippen molar-refractivity contribution in [2.45, 2.75) is 31.7 Å². The van der Waals surface area contributed by atoms with Gasteiger partial charge in [-0.2, -0.15) is 0 Å². The molecular weight excluding hydrogens is 231 g/mol. The molecule has 0 aliphatic carbocycles. The summed E-state index contributed by atoms with van der Waals surface area (Å²) in [4.78, 5) is 14.0. The van der Waals surface area contributed by atoms with Crippen LogP contribution in [0.2, 0.25) is 0 Å². The first-order valence-electron chi connectivity index (χ1n) is 6.45. The summed E-state index contributed by atoms with van der Waals surface area (Å²) in [7, 11) is 0. The van der Waals surface area contributed by atoms with E-state index in [0.29, 0.717) is 12.1 Å². The van der Waals surface area contributed by atoms with Gasteiger partial charge in [0.25, 0.3) is 0 Å². The van der Waals surface area contributed by atoms with Crippen LogP contribution in [0, 0.1) is 5.82 Å². The van der Waals surface area contributed by atoms with E-state index in [1.807, 2.05) is 4.90 Å². The summed E-state index contributed by atoms with van der Waals surface area (Å²) in [5, 5.41) is 0. The van der Waals surface area contributed by atoms with E-state index >= 15 is 0 Å². The van der Waals surface area contributed by atoms with Crippen molar-refractivity contribution in [1.82, 2.24) is 4.90 Å². The highest BCUT2D eigenvalue weighted by Gasteiger charge is 2.28. The average Bonchev–Trinajstić information content (AvgIpc) is 2.81. The number of hydrogen-bond acceptors (Lipinski definition) is 2. The number of carbonyl (C=O) groups is 1. The van der Waals surface area contributed by atoms with E-state index < -0.39 is 0 Å². The summed E-state index contributed by atoms with van der Waals surface area (Å²) in [5.74, 6) is -0.295. The van der Waals surface area contributed by atoms with Gasteiger partial charge in [0.15, 0.2) is 0 Å². The van der Waals surface area contributed by atoms with Gasteiger partial charge in [0.1, 0.15) is 5.82 Å².